The largest absolute Gasteiger partial charge is 0.493 e. The van der Waals surface area contributed by atoms with Crippen LogP contribution in [0.5, 0.6) is 17.4 Å². The molecule has 0 saturated carbocycles. The normalized spacial score (nSPS) is 12.9. The van der Waals surface area contributed by atoms with Crippen molar-refractivity contribution in [3.63, 3.8) is 0 Å². The van der Waals surface area contributed by atoms with Crippen molar-refractivity contribution in [2.24, 2.45) is 0 Å². The first-order valence-corrected chi connectivity index (χ1v) is 5.79. The molecule has 18 heavy (non-hydrogen) atoms. The zero-order valence-electron chi connectivity index (χ0n) is 9.27. The Morgan fingerprint density at radius 2 is 2.33 bits per heavy atom. The molecule has 3 rings (SSSR count). The van der Waals surface area contributed by atoms with Crippen molar-refractivity contribution in [3.8, 4) is 17.4 Å². The SMILES string of the molecule is O=c1cc(Cl)[nH]nc1Oc1cccc2c1CCO2. The van der Waals surface area contributed by atoms with E-state index in [-0.39, 0.29) is 16.5 Å². The van der Waals surface area contributed by atoms with E-state index in [9.17, 15) is 4.79 Å². The molecule has 0 aliphatic carbocycles. The third kappa shape index (κ3) is 1.93. The zero-order chi connectivity index (χ0) is 12.5. The van der Waals surface area contributed by atoms with Crippen LogP contribution in [0.25, 0.3) is 0 Å². The lowest BCUT2D eigenvalue weighted by atomic mass is 10.1. The van der Waals surface area contributed by atoms with E-state index in [1.165, 1.54) is 6.07 Å². The number of benzene rings is 1. The van der Waals surface area contributed by atoms with E-state index in [0.29, 0.717) is 12.4 Å². The Morgan fingerprint density at radius 3 is 3.17 bits per heavy atom. The molecule has 0 spiro atoms. The second-order valence-corrected chi connectivity index (χ2v) is 4.23. The number of fused-ring (bicyclic) bond motifs is 1. The first-order valence-electron chi connectivity index (χ1n) is 5.42. The number of hydrogen-bond acceptors (Lipinski definition) is 4. The summed E-state index contributed by atoms with van der Waals surface area (Å²) in [4.78, 5) is 11.6. The molecule has 0 fully saturated rings. The average Bonchev–Trinajstić information content (AvgIpc) is 2.82. The standard InChI is InChI=1S/C12H9ClN2O3/c13-11-6-8(16)12(15-14-11)18-10-3-1-2-9-7(10)4-5-17-9/h1-3,6H,4-5H2,(H,14,16). The van der Waals surface area contributed by atoms with Crippen LogP contribution in [0.1, 0.15) is 5.56 Å². The Kier molecular flexibility index (Phi) is 2.68. The summed E-state index contributed by atoms with van der Waals surface area (Å²) >= 11 is 5.62. The predicted molar refractivity (Wildman–Crippen MR) is 65.6 cm³/mol. The maximum Gasteiger partial charge on any atom is 0.285 e. The van der Waals surface area contributed by atoms with Gasteiger partial charge in [-0.3, -0.25) is 9.89 Å². The third-order valence-electron chi connectivity index (χ3n) is 2.64. The molecule has 0 bridgehead atoms. The summed E-state index contributed by atoms with van der Waals surface area (Å²) < 4.78 is 10.9. The van der Waals surface area contributed by atoms with Crippen LogP contribution in [0.2, 0.25) is 5.15 Å². The smallest absolute Gasteiger partial charge is 0.285 e. The molecular weight excluding hydrogens is 256 g/mol. The number of ether oxygens (including phenoxy) is 2. The van der Waals surface area contributed by atoms with E-state index in [1.807, 2.05) is 12.1 Å². The predicted octanol–water partition coefficient (Wildman–Crippen LogP) is 2.15. The maximum atomic E-state index is 11.6. The second kappa shape index (κ2) is 4.34. The van der Waals surface area contributed by atoms with Gasteiger partial charge < -0.3 is 9.47 Å². The van der Waals surface area contributed by atoms with E-state index in [2.05, 4.69) is 10.2 Å². The fourth-order valence-corrected chi connectivity index (χ4v) is 1.97. The van der Waals surface area contributed by atoms with Crippen molar-refractivity contribution < 1.29 is 9.47 Å². The molecule has 1 aromatic carbocycles. The molecule has 0 saturated heterocycles. The second-order valence-electron chi connectivity index (χ2n) is 3.82. The molecule has 1 aromatic heterocycles. The molecule has 0 amide bonds. The van der Waals surface area contributed by atoms with Crippen LogP contribution in [0, 0.1) is 0 Å². The minimum atomic E-state index is -0.365. The quantitative estimate of drug-likeness (QED) is 0.903. The van der Waals surface area contributed by atoms with Gasteiger partial charge in [0.25, 0.3) is 5.88 Å². The van der Waals surface area contributed by atoms with Gasteiger partial charge in [0.1, 0.15) is 16.7 Å². The van der Waals surface area contributed by atoms with E-state index in [0.717, 1.165) is 17.7 Å². The monoisotopic (exact) mass is 264 g/mol. The highest BCUT2D eigenvalue weighted by molar-refractivity contribution is 6.29. The number of aromatic amines is 1. The number of rotatable bonds is 2. The van der Waals surface area contributed by atoms with E-state index >= 15 is 0 Å². The summed E-state index contributed by atoms with van der Waals surface area (Å²) in [7, 11) is 0. The lowest BCUT2D eigenvalue weighted by molar-refractivity contribution is 0.357. The maximum absolute atomic E-state index is 11.6. The Balaban J connectivity index is 1.98. The van der Waals surface area contributed by atoms with Gasteiger partial charge in [0, 0.05) is 18.1 Å². The Labute approximate surface area is 107 Å². The van der Waals surface area contributed by atoms with E-state index in [1.54, 1.807) is 6.07 Å². The van der Waals surface area contributed by atoms with Crippen molar-refractivity contribution >= 4 is 11.6 Å². The minimum Gasteiger partial charge on any atom is -0.493 e. The molecule has 5 nitrogen and oxygen atoms in total. The highest BCUT2D eigenvalue weighted by Crippen LogP contribution is 2.34. The molecule has 1 aliphatic rings. The van der Waals surface area contributed by atoms with Crippen molar-refractivity contribution in [1.29, 1.82) is 0 Å². The number of halogens is 1. The van der Waals surface area contributed by atoms with Gasteiger partial charge in [-0.1, -0.05) is 17.7 Å². The Bertz CT molecular complexity index is 654. The van der Waals surface area contributed by atoms with Gasteiger partial charge in [-0.2, -0.15) is 0 Å². The molecule has 92 valence electrons. The number of nitrogens with zero attached hydrogens (tertiary/aromatic N) is 1. The molecule has 1 aliphatic heterocycles. The summed E-state index contributed by atoms with van der Waals surface area (Å²) in [6.45, 7) is 0.625. The van der Waals surface area contributed by atoms with Gasteiger partial charge in [0.05, 0.1) is 6.61 Å². The number of H-pyrrole nitrogens is 1. The molecule has 1 N–H and O–H groups in total. The first kappa shape index (κ1) is 11.1. The molecule has 0 radical (unpaired) electrons. The Hall–Kier alpha value is -2.01. The first-order chi connectivity index (χ1) is 8.74. The van der Waals surface area contributed by atoms with Gasteiger partial charge in [-0.25, -0.2) is 0 Å². The lowest BCUT2D eigenvalue weighted by Crippen LogP contribution is -2.07. The van der Waals surface area contributed by atoms with Crippen LogP contribution in [-0.4, -0.2) is 16.8 Å². The van der Waals surface area contributed by atoms with Crippen LogP contribution in [0.4, 0.5) is 0 Å². The fraction of sp³-hybridized carbons (Fsp3) is 0.167. The van der Waals surface area contributed by atoms with Crippen molar-refractivity contribution in [3.05, 3.63) is 45.2 Å². The summed E-state index contributed by atoms with van der Waals surface area (Å²) in [5, 5.41) is 6.43. The molecular formula is C12H9ClN2O3. The molecule has 0 unspecified atom stereocenters. The number of aromatic nitrogens is 2. The molecule has 6 heteroatoms. The molecule has 2 heterocycles. The van der Waals surface area contributed by atoms with Crippen LogP contribution < -0.4 is 14.9 Å². The van der Waals surface area contributed by atoms with Gasteiger partial charge in [0.2, 0.25) is 5.43 Å². The van der Waals surface area contributed by atoms with Crippen LogP contribution >= 0.6 is 11.6 Å². The van der Waals surface area contributed by atoms with E-state index in [4.69, 9.17) is 21.1 Å². The van der Waals surface area contributed by atoms with Crippen molar-refractivity contribution in [2.45, 2.75) is 6.42 Å². The topological polar surface area (TPSA) is 64.2 Å². The van der Waals surface area contributed by atoms with Crippen LogP contribution in [0.3, 0.4) is 0 Å². The summed E-state index contributed by atoms with van der Waals surface area (Å²) in [6, 6.07) is 6.69. The van der Waals surface area contributed by atoms with Gasteiger partial charge >= 0.3 is 0 Å². The van der Waals surface area contributed by atoms with E-state index < -0.39 is 0 Å². The van der Waals surface area contributed by atoms with Gasteiger partial charge in [-0.15, -0.1) is 5.10 Å². The van der Waals surface area contributed by atoms with Crippen molar-refractivity contribution in [2.75, 3.05) is 6.61 Å². The zero-order valence-corrected chi connectivity index (χ0v) is 10.0. The summed E-state index contributed by atoms with van der Waals surface area (Å²) in [5.74, 6) is 1.35. The van der Waals surface area contributed by atoms with Crippen molar-refractivity contribution in [1.82, 2.24) is 10.2 Å². The number of hydrogen-bond donors (Lipinski definition) is 1. The molecule has 2 aromatic rings. The highest BCUT2D eigenvalue weighted by atomic mass is 35.5. The third-order valence-corrected chi connectivity index (χ3v) is 2.83. The van der Waals surface area contributed by atoms with Gasteiger partial charge in [-0.05, 0) is 12.1 Å². The summed E-state index contributed by atoms with van der Waals surface area (Å²) in [6.07, 6.45) is 0.761. The summed E-state index contributed by atoms with van der Waals surface area (Å²) in [5.41, 5.74) is 0.587. The fourth-order valence-electron chi connectivity index (χ4n) is 1.83. The Morgan fingerprint density at radius 1 is 1.44 bits per heavy atom. The number of nitrogens with one attached hydrogen (secondary N) is 1. The molecule has 0 atom stereocenters. The lowest BCUT2D eigenvalue weighted by Gasteiger charge is -2.07. The minimum absolute atomic E-state index is 0.0281. The highest BCUT2D eigenvalue weighted by Gasteiger charge is 2.18. The van der Waals surface area contributed by atoms with Gasteiger partial charge in [0.15, 0.2) is 0 Å². The average molecular weight is 265 g/mol. The van der Waals surface area contributed by atoms with Crippen LogP contribution in [0.15, 0.2) is 29.1 Å². The van der Waals surface area contributed by atoms with Crippen LogP contribution in [-0.2, 0) is 6.42 Å².